The third kappa shape index (κ3) is 4.57. The first-order valence-electron chi connectivity index (χ1n) is 10.9. The van der Waals surface area contributed by atoms with E-state index in [1.165, 1.54) is 6.42 Å². The number of esters is 1. The van der Waals surface area contributed by atoms with Crippen LogP contribution in [0.2, 0.25) is 0 Å². The Morgan fingerprint density at radius 1 is 1.09 bits per heavy atom. The van der Waals surface area contributed by atoms with Gasteiger partial charge in [0.05, 0.1) is 12.2 Å². The highest BCUT2D eigenvalue weighted by atomic mass is 32.2. The molecule has 0 heterocycles. The minimum Gasteiger partial charge on any atom is -0.743 e. The fourth-order valence-electron chi connectivity index (χ4n) is 6.02. The van der Waals surface area contributed by atoms with Gasteiger partial charge in [0.2, 0.25) is 0 Å². The Labute approximate surface area is 185 Å². The van der Waals surface area contributed by atoms with E-state index in [1.54, 1.807) is 0 Å². The Bertz CT molecular complexity index is 813. The molecule has 0 amide bonds. The largest absolute Gasteiger partial charge is 0.743 e. The molecule has 4 aliphatic carbocycles. The predicted octanol–water partition coefficient (Wildman–Crippen LogP) is 4.26. The van der Waals surface area contributed by atoms with Crippen LogP contribution < -0.4 is 0 Å². The highest BCUT2D eigenvalue weighted by Crippen LogP contribution is 2.60. The highest BCUT2D eigenvalue weighted by molar-refractivity contribution is 7.86. The molecule has 0 atom stereocenters. The quantitative estimate of drug-likeness (QED) is 0.143. The van der Waals surface area contributed by atoms with Crippen LogP contribution in [-0.2, 0) is 24.4 Å². The van der Waals surface area contributed by atoms with Gasteiger partial charge in [-0.25, -0.2) is 13.2 Å². The van der Waals surface area contributed by atoms with Crippen LogP contribution >= 0.6 is 0 Å². The number of carbonyl (C=O) groups is 1. The Kier molecular flexibility index (Phi) is 7.04. The lowest BCUT2D eigenvalue weighted by molar-refractivity contribution is -0.207. The van der Waals surface area contributed by atoms with Gasteiger partial charge in [0.15, 0.2) is 10.1 Å². The lowest BCUT2D eigenvalue weighted by Gasteiger charge is -2.60. The SMILES string of the molecule is C=C(COCCCC(F)(F)C(F)(F)S(=O)(=O)[O-])C(=O)OC1(CC)C2CC3CC(C2)CC1C3. The molecule has 32 heavy (non-hydrogen) atoms. The number of carbonyl (C=O) groups excluding carboxylic acids is 1. The minimum atomic E-state index is -6.51. The van der Waals surface area contributed by atoms with Crippen LogP contribution in [0.4, 0.5) is 17.6 Å². The molecule has 0 aromatic carbocycles. The van der Waals surface area contributed by atoms with E-state index >= 15 is 0 Å². The molecule has 4 fully saturated rings. The average molecular weight is 486 g/mol. The van der Waals surface area contributed by atoms with E-state index in [2.05, 4.69) is 6.58 Å². The Balaban J connectivity index is 1.46. The first-order chi connectivity index (χ1) is 14.7. The van der Waals surface area contributed by atoms with E-state index in [0.717, 1.165) is 25.7 Å². The third-order valence-corrected chi connectivity index (χ3v) is 8.37. The van der Waals surface area contributed by atoms with Crippen LogP contribution in [0.3, 0.4) is 0 Å². The maximum atomic E-state index is 13.4. The monoisotopic (exact) mass is 485 g/mol. The second-order valence-electron chi connectivity index (χ2n) is 9.44. The molecule has 0 aromatic rings. The predicted molar refractivity (Wildman–Crippen MR) is 105 cm³/mol. The fraction of sp³-hybridized carbons (Fsp3) is 0.857. The van der Waals surface area contributed by atoms with E-state index in [-0.39, 0.29) is 12.2 Å². The molecule has 4 bridgehead atoms. The van der Waals surface area contributed by atoms with Crippen molar-refractivity contribution in [3.63, 3.8) is 0 Å². The van der Waals surface area contributed by atoms with Crippen LogP contribution in [-0.4, -0.2) is 48.9 Å². The molecule has 0 unspecified atom stereocenters. The van der Waals surface area contributed by atoms with Crippen molar-refractivity contribution in [2.45, 2.75) is 75.1 Å². The van der Waals surface area contributed by atoms with Gasteiger partial charge in [-0.1, -0.05) is 13.5 Å². The summed E-state index contributed by atoms with van der Waals surface area (Å²) in [6.45, 7) is 4.85. The second kappa shape index (κ2) is 8.87. The summed E-state index contributed by atoms with van der Waals surface area (Å²) in [7, 11) is -6.51. The molecule has 0 spiro atoms. The molecule has 0 N–H and O–H groups in total. The van der Waals surface area contributed by atoms with E-state index in [9.17, 15) is 35.3 Å². The number of halogens is 4. The molecule has 0 aliphatic heterocycles. The number of hydrogen-bond donors (Lipinski definition) is 0. The van der Waals surface area contributed by atoms with Crippen LogP contribution in [0, 0.1) is 23.7 Å². The van der Waals surface area contributed by atoms with Gasteiger partial charge in [-0.2, -0.15) is 17.6 Å². The van der Waals surface area contributed by atoms with Gasteiger partial charge in [0, 0.05) is 13.0 Å². The van der Waals surface area contributed by atoms with Gasteiger partial charge >= 0.3 is 17.1 Å². The maximum Gasteiger partial charge on any atom is 0.396 e. The van der Waals surface area contributed by atoms with E-state index < -0.39 is 52.3 Å². The number of ether oxygens (including phenoxy) is 2. The van der Waals surface area contributed by atoms with Gasteiger partial charge < -0.3 is 14.0 Å². The van der Waals surface area contributed by atoms with Crippen molar-refractivity contribution < 1.29 is 44.8 Å². The summed E-state index contributed by atoms with van der Waals surface area (Å²) in [4.78, 5) is 12.6. The fourth-order valence-corrected chi connectivity index (χ4v) is 6.49. The highest BCUT2D eigenvalue weighted by Gasteiger charge is 2.61. The maximum absolute atomic E-state index is 13.4. The van der Waals surface area contributed by atoms with Gasteiger partial charge in [0.25, 0.3) is 0 Å². The van der Waals surface area contributed by atoms with Crippen LogP contribution in [0.1, 0.15) is 58.3 Å². The molecule has 11 heteroatoms. The van der Waals surface area contributed by atoms with Crippen molar-refractivity contribution in [1.82, 2.24) is 0 Å². The average Bonchev–Trinajstić information content (AvgIpc) is 2.68. The standard InChI is InChI=1S/C21H30F4O6S/c1-3-19(16-8-14-7-15(10-16)11-17(19)9-14)31-18(26)13(2)12-30-6-4-5-20(22,23)21(24,25)32(27,28)29/h14-17H,2-12H2,1H3,(H,27,28,29)/p-1. The molecular formula is C21H29F4O6S-. The van der Waals surface area contributed by atoms with Gasteiger partial charge in [-0.05, 0) is 68.6 Å². The number of alkyl halides is 4. The van der Waals surface area contributed by atoms with Crippen LogP contribution in [0.15, 0.2) is 12.2 Å². The van der Waals surface area contributed by atoms with Crippen molar-refractivity contribution in [2.24, 2.45) is 23.7 Å². The zero-order valence-electron chi connectivity index (χ0n) is 18.0. The zero-order valence-corrected chi connectivity index (χ0v) is 18.8. The molecule has 4 rings (SSSR count). The molecule has 0 saturated heterocycles. The lowest BCUT2D eigenvalue weighted by Crippen LogP contribution is -2.59. The molecule has 0 aromatic heterocycles. The van der Waals surface area contributed by atoms with Crippen LogP contribution in [0.5, 0.6) is 0 Å². The van der Waals surface area contributed by atoms with Crippen molar-refractivity contribution in [3.05, 3.63) is 12.2 Å². The number of rotatable bonds is 11. The molecule has 4 saturated carbocycles. The number of hydrogen-bond acceptors (Lipinski definition) is 6. The Morgan fingerprint density at radius 2 is 1.62 bits per heavy atom. The summed E-state index contributed by atoms with van der Waals surface area (Å²) in [6.07, 6.45) is 3.95. The molecule has 0 radical (unpaired) electrons. The summed E-state index contributed by atoms with van der Waals surface area (Å²) in [5, 5.41) is -5.71. The van der Waals surface area contributed by atoms with Crippen molar-refractivity contribution in [2.75, 3.05) is 13.2 Å². The summed E-state index contributed by atoms with van der Waals surface area (Å²) < 4.78 is 95.2. The van der Waals surface area contributed by atoms with Gasteiger partial charge in [-0.15, -0.1) is 0 Å². The van der Waals surface area contributed by atoms with E-state index in [4.69, 9.17) is 9.47 Å². The lowest BCUT2D eigenvalue weighted by atomic mass is 9.49. The molecule has 4 aliphatic rings. The normalized spacial score (nSPS) is 32.2. The molecule has 184 valence electrons. The summed E-state index contributed by atoms with van der Waals surface area (Å²) in [6, 6.07) is 0. The first-order valence-corrected chi connectivity index (χ1v) is 12.3. The Hall–Kier alpha value is -1.20. The van der Waals surface area contributed by atoms with E-state index in [0.29, 0.717) is 30.1 Å². The second-order valence-corrected chi connectivity index (χ2v) is 10.9. The Morgan fingerprint density at radius 3 is 2.09 bits per heavy atom. The van der Waals surface area contributed by atoms with Crippen molar-refractivity contribution >= 4 is 16.1 Å². The van der Waals surface area contributed by atoms with E-state index in [1.807, 2.05) is 6.92 Å². The summed E-state index contributed by atoms with van der Waals surface area (Å²) in [5.41, 5.74) is -0.531. The first kappa shape index (κ1) is 25.4. The van der Waals surface area contributed by atoms with Crippen molar-refractivity contribution in [1.29, 1.82) is 0 Å². The summed E-state index contributed by atoms with van der Waals surface area (Å²) >= 11 is 0. The summed E-state index contributed by atoms with van der Waals surface area (Å²) in [5.74, 6) is -3.60. The zero-order chi connectivity index (χ0) is 23.9. The van der Waals surface area contributed by atoms with Crippen molar-refractivity contribution in [3.8, 4) is 0 Å². The van der Waals surface area contributed by atoms with Crippen LogP contribution in [0.25, 0.3) is 0 Å². The smallest absolute Gasteiger partial charge is 0.396 e. The molecule has 6 nitrogen and oxygen atoms in total. The molecular weight excluding hydrogens is 456 g/mol. The van der Waals surface area contributed by atoms with Gasteiger partial charge in [-0.3, -0.25) is 0 Å². The van der Waals surface area contributed by atoms with Gasteiger partial charge in [0.1, 0.15) is 5.60 Å². The third-order valence-electron chi connectivity index (χ3n) is 7.44. The topological polar surface area (TPSA) is 92.7 Å². The minimum absolute atomic E-state index is 0.00847.